The molecule has 0 aliphatic rings. The first-order valence-electron chi connectivity index (χ1n) is 8.86. The molecule has 0 spiro atoms. The fourth-order valence-corrected chi connectivity index (χ4v) is 3.15. The third kappa shape index (κ3) is 5.09. The van der Waals surface area contributed by atoms with Crippen molar-refractivity contribution in [1.82, 2.24) is 20.4 Å². The first-order valence-corrected chi connectivity index (χ1v) is 10.1. The summed E-state index contributed by atoms with van der Waals surface area (Å²) in [7, 11) is 1.57. The van der Waals surface area contributed by atoms with E-state index in [9.17, 15) is 14.0 Å². The van der Waals surface area contributed by atoms with Crippen LogP contribution in [0.3, 0.4) is 0 Å². The zero-order valence-corrected chi connectivity index (χ0v) is 17.1. The fourth-order valence-electron chi connectivity index (χ4n) is 2.60. The van der Waals surface area contributed by atoms with E-state index in [1.807, 2.05) is 6.26 Å². The van der Waals surface area contributed by atoms with E-state index in [0.717, 1.165) is 5.69 Å². The minimum Gasteiger partial charge on any atom is -0.497 e. The summed E-state index contributed by atoms with van der Waals surface area (Å²) in [5.41, 5.74) is 6.24. The number of carbonyl (C=O) groups excluding carboxylic acids is 2. The maximum absolute atomic E-state index is 13.2. The molecular weight excluding hydrogens is 409 g/mol. The number of methoxy groups -OCH3 is 1. The maximum Gasteiger partial charge on any atom is 0.288 e. The molecule has 156 valence electrons. The summed E-state index contributed by atoms with van der Waals surface area (Å²) in [4.78, 5) is 28.8. The van der Waals surface area contributed by atoms with E-state index in [1.54, 1.807) is 48.1 Å². The summed E-state index contributed by atoms with van der Waals surface area (Å²) >= 11 is 1.34. The van der Waals surface area contributed by atoms with Gasteiger partial charge in [0.05, 0.1) is 19.9 Å². The molecule has 3 rings (SSSR count). The Hall–Kier alpha value is -3.53. The Labute approximate surface area is 176 Å². The monoisotopic (exact) mass is 429 g/mol. The number of thioether (sulfide) groups is 1. The van der Waals surface area contributed by atoms with Gasteiger partial charge in [-0.05, 0) is 54.8 Å². The summed E-state index contributed by atoms with van der Waals surface area (Å²) in [5, 5.41) is 3.49. The molecule has 3 aromatic rings. The van der Waals surface area contributed by atoms with Crippen LogP contribution in [0, 0.1) is 5.82 Å². The largest absolute Gasteiger partial charge is 0.497 e. The van der Waals surface area contributed by atoms with Gasteiger partial charge in [-0.15, -0.1) is 0 Å². The van der Waals surface area contributed by atoms with Gasteiger partial charge in [-0.2, -0.15) is 0 Å². The highest BCUT2D eigenvalue weighted by atomic mass is 32.2. The number of ether oxygens (including phenoxy) is 1. The van der Waals surface area contributed by atoms with E-state index in [4.69, 9.17) is 4.74 Å². The van der Waals surface area contributed by atoms with E-state index in [-0.39, 0.29) is 18.1 Å². The maximum atomic E-state index is 13.2. The van der Waals surface area contributed by atoms with Crippen LogP contribution in [0.5, 0.6) is 5.75 Å². The molecule has 0 saturated carbocycles. The number of carbonyl (C=O) groups is 2. The van der Waals surface area contributed by atoms with Crippen molar-refractivity contribution in [3.63, 3.8) is 0 Å². The molecule has 0 bridgehead atoms. The number of hydrazine groups is 1. The quantitative estimate of drug-likeness (QED) is 0.395. The van der Waals surface area contributed by atoms with E-state index in [1.165, 1.54) is 30.1 Å². The molecule has 0 aliphatic carbocycles. The highest BCUT2D eigenvalue weighted by Gasteiger charge is 2.18. The van der Waals surface area contributed by atoms with Crippen LogP contribution in [-0.4, -0.2) is 41.3 Å². The van der Waals surface area contributed by atoms with Crippen LogP contribution in [0.25, 0.3) is 5.69 Å². The number of hydrogen-bond acceptors (Lipinski definition) is 6. The zero-order valence-electron chi connectivity index (χ0n) is 16.3. The van der Waals surface area contributed by atoms with Crippen molar-refractivity contribution in [2.24, 2.45) is 0 Å². The number of aromatic nitrogens is 2. The molecule has 3 N–H and O–H groups in total. The first-order chi connectivity index (χ1) is 14.5. The Morgan fingerprint density at radius 2 is 1.80 bits per heavy atom. The third-order valence-corrected chi connectivity index (χ3v) is 4.74. The first kappa shape index (κ1) is 21.2. The number of rotatable bonds is 7. The molecule has 0 aliphatic heterocycles. The molecule has 0 unspecified atom stereocenters. The van der Waals surface area contributed by atoms with Crippen LogP contribution < -0.4 is 20.9 Å². The van der Waals surface area contributed by atoms with Crippen molar-refractivity contribution in [2.45, 2.75) is 5.16 Å². The Morgan fingerprint density at radius 1 is 1.10 bits per heavy atom. The number of halogens is 1. The Kier molecular flexibility index (Phi) is 6.91. The van der Waals surface area contributed by atoms with Crippen LogP contribution in [0.4, 0.5) is 10.1 Å². The average Bonchev–Trinajstić information content (AvgIpc) is 3.21. The number of hydrogen-bond donors (Lipinski definition) is 3. The predicted octanol–water partition coefficient (Wildman–Crippen LogP) is 2.62. The Balaban J connectivity index is 1.61. The van der Waals surface area contributed by atoms with E-state index >= 15 is 0 Å². The van der Waals surface area contributed by atoms with Crippen molar-refractivity contribution in [1.29, 1.82) is 0 Å². The van der Waals surface area contributed by atoms with Gasteiger partial charge >= 0.3 is 0 Å². The van der Waals surface area contributed by atoms with Gasteiger partial charge in [0.15, 0.2) is 5.16 Å². The van der Waals surface area contributed by atoms with Crippen molar-refractivity contribution in [3.05, 3.63) is 66.2 Å². The molecule has 2 aromatic carbocycles. The second-order valence-corrected chi connectivity index (χ2v) is 6.80. The molecule has 10 heteroatoms. The van der Waals surface area contributed by atoms with Crippen molar-refractivity contribution in [3.8, 4) is 11.4 Å². The predicted molar refractivity (Wildman–Crippen MR) is 112 cm³/mol. The highest BCUT2D eigenvalue weighted by molar-refractivity contribution is 7.98. The summed E-state index contributed by atoms with van der Waals surface area (Å²) in [6, 6.07) is 12.8. The van der Waals surface area contributed by atoms with Gasteiger partial charge in [-0.1, -0.05) is 11.8 Å². The van der Waals surface area contributed by atoms with Crippen molar-refractivity contribution >= 4 is 29.3 Å². The molecule has 0 saturated heterocycles. The standard InChI is InChI=1S/C20H20FN5O3S/c1-29-16-9-5-14(6-10-16)22-12-18(27)24-25-19(28)17-11-23-20(30-2)26(17)15-7-3-13(21)4-8-15/h3-11,22H,12H2,1-2H3,(H,24,27)(H,25,28). The summed E-state index contributed by atoms with van der Waals surface area (Å²) in [6.45, 7) is -0.0418. The lowest BCUT2D eigenvalue weighted by Crippen LogP contribution is -2.44. The summed E-state index contributed by atoms with van der Waals surface area (Å²) in [6.07, 6.45) is 3.21. The van der Waals surface area contributed by atoms with E-state index < -0.39 is 11.8 Å². The van der Waals surface area contributed by atoms with Gasteiger partial charge in [-0.25, -0.2) is 9.37 Å². The van der Waals surface area contributed by atoms with Gasteiger partial charge in [0.2, 0.25) is 0 Å². The van der Waals surface area contributed by atoms with Gasteiger partial charge < -0.3 is 10.1 Å². The number of nitrogens with zero attached hydrogens (tertiary/aromatic N) is 2. The van der Waals surface area contributed by atoms with Crippen LogP contribution in [0.1, 0.15) is 10.5 Å². The number of nitrogens with one attached hydrogen (secondary N) is 3. The highest BCUT2D eigenvalue weighted by Crippen LogP contribution is 2.22. The van der Waals surface area contributed by atoms with Crippen LogP contribution >= 0.6 is 11.8 Å². The molecule has 0 fully saturated rings. The van der Waals surface area contributed by atoms with Gasteiger partial charge in [0, 0.05) is 11.4 Å². The average molecular weight is 429 g/mol. The third-order valence-electron chi connectivity index (χ3n) is 4.09. The summed E-state index contributed by atoms with van der Waals surface area (Å²) in [5.74, 6) is -0.658. The van der Waals surface area contributed by atoms with Gasteiger partial charge in [0.1, 0.15) is 17.3 Å². The Morgan fingerprint density at radius 3 is 2.43 bits per heavy atom. The number of benzene rings is 2. The lowest BCUT2D eigenvalue weighted by molar-refractivity contribution is -0.120. The second-order valence-electron chi connectivity index (χ2n) is 6.03. The van der Waals surface area contributed by atoms with Crippen LogP contribution in [0.2, 0.25) is 0 Å². The minimum absolute atomic E-state index is 0.0418. The van der Waals surface area contributed by atoms with E-state index in [2.05, 4.69) is 21.2 Å². The van der Waals surface area contributed by atoms with Crippen molar-refractivity contribution in [2.75, 3.05) is 25.2 Å². The molecule has 2 amide bonds. The fraction of sp³-hybridized carbons (Fsp3) is 0.150. The molecular formula is C20H20FN5O3S. The molecule has 0 atom stereocenters. The topological polar surface area (TPSA) is 97.3 Å². The minimum atomic E-state index is -0.551. The van der Waals surface area contributed by atoms with Gasteiger partial charge in [0.25, 0.3) is 11.8 Å². The SMILES string of the molecule is COc1ccc(NCC(=O)NNC(=O)c2cnc(SC)n2-c2ccc(F)cc2)cc1. The van der Waals surface area contributed by atoms with Gasteiger partial charge in [-0.3, -0.25) is 25.0 Å². The molecule has 1 heterocycles. The van der Waals surface area contributed by atoms with Crippen LogP contribution in [0.15, 0.2) is 59.9 Å². The van der Waals surface area contributed by atoms with Crippen LogP contribution in [-0.2, 0) is 4.79 Å². The lowest BCUT2D eigenvalue weighted by atomic mass is 10.3. The normalized spacial score (nSPS) is 10.4. The molecule has 0 radical (unpaired) electrons. The molecule has 1 aromatic heterocycles. The lowest BCUT2D eigenvalue weighted by Gasteiger charge is -2.12. The summed E-state index contributed by atoms with van der Waals surface area (Å²) < 4.78 is 19.9. The van der Waals surface area contributed by atoms with Crippen molar-refractivity contribution < 1.29 is 18.7 Å². The number of amides is 2. The Bertz CT molecular complexity index is 1020. The number of anilines is 1. The molecule has 30 heavy (non-hydrogen) atoms. The number of imidazole rings is 1. The smallest absolute Gasteiger partial charge is 0.288 e. The second kappa shape index (κ2) is 9.79. The van der Waals surface area contributed by atoms with E-state index in [0.29, 0.717) is 16.6 Å². The zero-order chi connectivity index (χ0) is 21.5. The molecule has 8 nitrogen and oxygen atoms in total.